The van der Waals surface area contributed by atoms with E-state index in [1.54, 1.807) is 22.9 Å². The van der Waals surface area contributed by atoms with Gasteiger partial charge in [0.15, 0.2) is 0 Å². The first-order valence-electron chi connectivity index (χ1n) is 11.6. The third-order valence-corrected chi connectivity index (χ3v) is 5.58. The van der Waals surface area contributed by atoms with E-state index in [1.807, 2.05) is 71.0 Å². The van der Waals surface area contributed by atoms with Crippen LogP contribution in [0.3, 0.4) is 0 Å². The number of carbonyl (C=O) groups excluding carboxylic acids is 2. The number of nitrogens with one attached hydrogen (secondary N) is 2. The van der Waals surface area contributed by atoms with Crippen molar-refractivity contribution in [1.82, 2.24) is 14.7 Å². The van der Waals surface area contributed by atoms with Gasteiger partial charge in [-0.25, -0.2) is 9.48 Å². The number of benzene rings is 2. The van der Waals surface area contributed by atoms with Crippen molar-refractivity contribution in [3.8, 4) is 11.4 Å². The van der Waals surface area contributed by atoms with Crippen LogP contribution in [-0.4, -0.2) is 46.3 Å². The predicted octanol–water partition coefficient (Wildman–Crippen LogP) is 5.71. The van der Waals surface area contributed by atoms with Gasteiger partial charge in [-0.2, -0.15) is 5.10 Å². The van der Waals surface area contributed by atoms with Crippen LogP contribution >= 0.6 is 11.6 Å². The molecule has 2 aromatic carbocycles. The van der Waals surface area contributed by atoms with Crippen molar-refractivity contribution in [2.24, 2.45) is 0 Å². The lowest BCUT2D eigenvalue weighted by Crippen LogP contribution is -2.40. The zero-order chi connectivity index (χ0) is 25.6. The van der Waals surface area contributed by atoms with E-state index in [1.165, 1.54) is 4.90 Å². The van der Waals surface area contributed by atoms with Crippen LogP contribution in [0, 0.1) is 0 Å². The topological polar surface area (TPSA) is 88.5 Å². The van der Waals surface area contributed by atoms with Crippen LogP contribution in [0.1, 0.15) is 40.3 Å². The Balaban J connectivity index is 1.78. The molecule has 1 heterocycles. The second-order valence-electron chi connectivity index (χ2n) is 8.95. The monoisotopic (exact) mass is 497 g/mol. The Morgan fingerprint density at radius 2 is 1.74 bits per heavy atom. The number of anilines is 2. The molecule has 9 heteroatoms. The van der Waals surface area contributed by atoms with Gasteiger partial charge in [0.25, 0.3) is 0 Å². The summed E-state index contributed by atoms with van der Waals surface area (Å²) in [4.78, 5) is 27.3. The van der Waals surface area contributed by atoms with Crippen LogP contribution in [-0.2, 0) is 10.2 Å². The van der Waals surface area contributed by atoms with E-state index in [0.717, 1.165) is 5.69 Å². The number of halogens is 1. The molecule has 3 aromatic rings. The number of amides is 3. The van der Waals surface area contributed by atoms with E-state index < -0.39 is 6.03 Å². The highest BCUT2D eigenvalue weighted by Gasteiger charge is 2.23. The first-order valence-corrected chi connectivity index (χ1v) is 11.9. The van der Waals surface area contributed by atoms with Gasteiger partial charge in [-0.15, -0.1) is 0 Å². The maximum absolute atomic E-state index is 13.0. The molecule has 0 fully saturated rings. The molecule has 3 rings (SSSR count). The molecular formula is C26H32ClN5O3. The van der Waals surface area contributed by atoms with Crippen LogP contribution in [0.15, 0.2) is 54.6 Å². The molecule has 0 saturated heterocycles. The lowest BCUT2D eigenvalue weighted by atomic mass is 9.92. The molecule has 186 valence electrons. The molecule has 3 amide bonds. The first kappa shape index (κ1) is 26.1. The standard InChI is InChI=1S/C26H32ClN5O3/c1-6-31(25(34)28-19-13-9-11-15-21(19)35-7-2)17-24(33)29-23-16-22(26(3,4)5)30-32(23)20-14-10-8-12-18(20)27/h8-16H,6-7,17H2,1-5H3,(H,28,34)(H,29,33). The Morgan fingerprint density at radius 1 is 1.06 bits per heavy atom. The van der Waals surface area contributed by atoms with Crippen molar-refractivity contribution in [2.45, 2.75) is 40.0 Å². The molecule has 0 aliphatic heterocycles. The molecule has 0 atom stereocenters. The third-order valence-electron chi connectivity index (χ3n) is 5.26. The van der Waals surface area contributed by atoms with E-state index in [0.29, 0.717) is 41.1 Å². The van der Waals surface area contributed by atoms with Crippen LogP contribution in [0.25, 0.3) is 5.69 Å². The number of nitrogens with zero attached hydrogens (tertiary/aromatic N) is 3. The van der Waals surface area contributed by atoms with Gasteiger partial charge < -0.3 is 20.3 Å². The van der Waals surface area contributed by atoms with Crippen molar-refractivity contribution in [2.75, 3.05) is 30.3 Å². The van der Waals surface area contributed by atoms with Gasteiger partial charge in [0.1, 0.15) is 18.1 Å². The van der Waals surface area contributed by atoms with Gasteiger partial charge in [0.2, 0.25) is 5.91 Å². The van der Waals surface area contributed by atoms with Crippen LogP contribution < -0.4 is 15.4 Å². The van der Waals surface area contributed by atoms with Crippen molar-refractivity contribution >= 4 is 35.0 Å². The number of likely N-dealkylation sites (N-methyl/N-ethyl adjacent to an activating group) is 1. The molecule has 0 saturated carbocycles. The van der Waals surface area contributed by atoms with E-state index in [4.69, 9.17) is 21.4 Å². The summed E-state index contributed by atoms with van der Waals surface area (Å²) in [7, 11) is 0. The average molecular weight is 498 g/mol. The van der Waals surface area contributed by atoms with E-state index in [-0.39, 0.29) is 17.9 Å². The fraction of sp³-hybridized carbons (Fsp3) is 0.346. The number of ether oxygens (including phenoxy) is 1. The maximum Gasteiger partial charge on any atom is 0.322 e. The third kappa shape index (κ3) is 6.54. The molecule has 0 aliphatic rings. The van der Waals surface area contributed by atoms with Gasteiger partial charge in [-0.1, -0.05) is 56.6 Å². The van der Waals surface area contributed by atoms with Gasteiger partial charge in [-0.3, -0.25) is 4.79 Å². The Kier molecular flexibility index (Phi) is 8.40. The molecule has 8 nitrogen and oxygen atoms in total. The Bertz CT molecular complexity index is 1190. The maximum atomic E-state index is 13.0. The van der Waals surface area contributed by atoms with E-state index >= 15 is 0 Å². The Labute approximate surface area is 211 Å². The number of urea groups is 1. The van der Waals surface area contributed by atoms with Crippen molar-refractivity contribution in [1.29, 1.82) is 0 Å². The van der Waals surface area contributed by atoms with Gasteiger partial charge in [0, 0.05) is 18.0 Å². The minimum absolute atomic E-state index is 0.141. The summed E-state index contributed by atoms with van der Waals surface area (Å²) < 4.78 is 7.19. The molecule has 35 heavy (non-hydrogen) atoms. The number of carbonyl (C=O) groups is 2. The molecule has 0 aliphatic carbocycles. The van der Waals surface area contributed by atoms with Crippen LogP contribution in [0.2, 0.25) is 5.02 Å². The largest absolute Gasteiger partial charge is 0.492 e. The van der Waals surface area contributed by atoms with Gasteiger partial charge >= 0.3 is 6.03 Å². The normalized spacial score (nSPS) is 11.1. The number of hydrogen-bond acceptors (Lipinski definition) is 4. The number of aromatic nitrogens is 2. The van der Waals surface area contributed by atoms with Crippen LogP contribution in [0.4, 0.5) is 16.3 Å². The highest BCUT2D eigenvalue weighted by molar-refractivity contribution is 6.32. The SMILES string of the molecule is CCOc1ccccc1NC(=O)N(CC)CC(=O)Nc1cc(C(C)(C)C)nn1-c1ccccc1Cl. The quantitative estimate of drug-likeness (QED) is 0.417. The highest BCUT2D eigenvalue weighted by Crippen LogP contribution is 2.29. The average Bonchev–Trinajstić information content (AvgIpc) is 3.23. The lowest BCUT2D eigenvalue weighted by Gasteiger charge is -2.22. The zero-order valence-electron chi connectivity index (χ0n) is 20.8. The molecular weight excluding hydrogens is 466 g/mol. The summed E-state index contributed by atoms with van der Waals surface area (Å²) in [5.74, 6) is 0.696. The predicted molar refractivity (Wildman–Crippen MR) is 140 cm³/mol. The fourth-order valence-electron chi connectivity index (χ4n) is 3.37. The second kappa shape index (κ2) is 11.3. The summed E-state index contributed by atoms with van der Waals surface area (Å²) in [6, 6.07) is 15.9. The molecule has 2 N–H and O–H groups in total. The molecule has 0 spiro atoms. The van der Waals surface area contributed by atoms with Gasteiger partial charge in [0.05, 0.1) is 28.7 Å². The minimum Gasteiger partial charge on any atom is -0.492 e. The summed E-state index contributed by atoms with van der Waals surface area (Å²) in [6.07, 6.45) is 0. The summed E-state index contributed by atoms with van der Waals surface area (Å²) >= 11 is 6.41. The minimum atomic E-state index is -0.398. The molecule has 0 unspecified atom stereocenters. The number of hydrogen-bond donors (Lipinski definition) is 2. The Morgan fingerprint density at radius 3 is 2.40 bits per heavy atom. The molecule has 1 aromatic heterocycles. The number of rotatable bonds is 8. The van der Waals surface area contributed by atoms with Crippen LogP contribution in [0.5, 0.6) is 5.75 Å². The molecule has 0 radical (unpaired) electrons. The Hall–Kier alpha value is -3.52. The van der Waals surface area contributed by atoms with Crippen molar-refractivity contribution in [3.05, 3.63) is 65.3 Å². The van der Waals surface area contributed by atoms with E-state index in [9.17, 15) is 9.59 Å². The first-order chi connectivity index (χ1) is 16.6. The summed E-state index contributed by atoms with van der Waals surface area (Å²) in [6.45, 7) is 10.5. The zero-order valence-corrected chi connectivity index (χ0v) is 21.5. The van der Waals surface area contributed by atoms with E-state index in [2.05, 4.69) is 10.6 Å². The molecule has 0 bridgehead atoms. The second-order valence-corrected chi connectivity index (χ2v) is 9.36. The smallest absolute Gasteiger partial charge is 0.322 e. The fourth-order valence-corrected chi connectivity index (χ4v) is 3.59. The van der Waals surface area contributed by atoms with Crippen molar-refractivity contribution in [3.63, 3.8) is 0 Å². The summed E-state index contributed by atoms with van der Waals surface area (Å²) in [5.41, 5.74) is 1.75. The lowest BCUT2D eigenvalue weighted by molar-refractivity contribution is -0.116. The van der Waals surface area contributed by atoms with Gasteiger partial charge in [-0.05, 0) is 38.1 Å². The number of para-hydroxylation sites is 3. The summed E-state index contributed by atoms with van der Waals surface area (Å²) in [5, 5.41) is 10.9. The van der Waals surface area contributed by atoms with Crippen molar-refractivity contribution < 1.29 is 14.3 Å². The highest BCUT2D eigenvalue weighted by atomic mass is 35.5.